The number of aromatic nitrogens is 1. The summed E-state index contributed by atoms with van der Waals surface area (Å²) in [4.78, 5) is 6.80. The lowest BCUT2D eigenvalue weighted by Crippen LogP contribution is -2.36. The van der Waals surface area contributed by atoms with Gasteiger partial charge in [-0.05, 0) is 55.5 Å². The number of likely N-dealkylation sites (tertiary alicyclic amines) is 1. The molecular weight excluding hydrogens is 222 g/mol. The van der Waals surface area contributed by atoms with E-state index in [-0.39, 0.29) is 0 Å². The van der Waals surface area contributed by atoms with E-state index in [2.05, 4.69) is 34.3 Å². The van der Waals surface area contributed by atoms with Gasteiger partial charge >= 0.3 is 0 Å². The predicted molar refractivity (Wildman–Crippen MR) is 73.4 cm³/mol. The standard InChI is InChI=1S/C15H23N3/c1-2-15-14-10-17-9-13(14)11-18(15)8-5-12-3-6-16-7-4-12/h3-4,6-7,13-15,17H,2,5,8-11H2,1H3. The van der Waals surface area contributed by atoms with Gasteiger partial charge in [0.15, 0.2) is 0 Å². The lowest BCUT2D eigenvalue weighted by atomic mass is 9.93. The maximum absolute atomic E-state index is 4.08. The number of fused-ring (bicyclic) bond motifs is 1. The normalized spacial score (nSPS) is 31.7. The second-order valence-corrected chi connectivity index (χ2v) is 5.66. The van der Waals surface area contributed by atoms with Crippen LogP contribution >= 0.6 is 0 Å². The van der Waals surface area contributed by atoms with Crippen molar-refractivity contribution in [2.24, 2.45) is 11.8 Å². The minimum absolute atomic E-state index is 0.798. The van der Waals surface area contributed by atoms with Gasteiger partial charge < -0.3 is 5.32 Å². The van der Waals surface area contributed by atoms with E-state index in [0.29, 0.717) is 0 Å². The largest absolute Gasteiger partial charge is 0.316 e. The Morgan fingerprint density at radius 1 is 1.33 bits per heavy atom. The highest BCUT2D eigenvalue weighted by Crippen LogP contribution is 2.34. The van der Waals surface area contributed by atoms with Gasteiger partial charge in [0, 0.05) is 31.5 Å². The van der Waals surface area contributed by atoms with Crippen LogP contribution in [0.2, 0.25) is 0 Å². The fourth-order valence-electron chi connectivity index (χ4n) is 3.75. The molecule has 3 atom stereocenters. The number of pyridine rings is 1. The van der Waals surface area contributed by atoms with Crippen LogP contribution < -0.4 is 5.32 Å². The van der Waals surface area contributed by atoms with Crippen molar-refractivity contribution in [3.8, 4) is 0 Å². The van der Waals surface area contributed by atoms with Crippen LogP contribution in [0.25, 0.3) is 0 Å². The molecule has 0 radical (unpaired) electrons. The van der Waals surface area contributed by atoms with Crippen LogP contribution in [0.15, 0.2) is 24.5 Å². The Labute approximate surface area is 110 Å². The number of rotatable bonds is 4. The Morgan fingerprint density at radius 3 is 2.94 bits per heavy atom. The molecule has 3 nitrogen and oxygen atoms in total. The quantitative estimate of drug-likeness (QED) is 0.872. The highest BCUT2D eigenvalue weighted by Gasteiger charge is 2.42. The SMILES string of the molecule is CCC1C2CNCC2CN1CCc1ccncc1. The first-order chi connectivity index (χ1) is 8.88. The third kappa shape index (κ3) is 2.29. The van der Waals surface area contributed by atoms with Gasteiger partial charge in [-0.1, -0.05) is 6.92 Å². The first-order valence-electron chi connectivity index (χ1n) is 7.22. The van der Waals surface area contributed by atoms with Gasteiger partial charge in [0.1, 0.15) is 0 Å². The average Bonchev–Trinajstić information content (AvgIpc) is 2.97. The van der Waals surface area contributed by atoms with Crippen molar-refractivity contribution in [2.75, 3.05) is 26.2 Å². The van der Waals surface area contributed by atoms with Crippen LogP contribution in [-0.2, 0) is 6.42 Å². The van der Waals surface area contributed by atoms with Gasteiger partial charge in [-0.3, -0.25) is 9.88 Å². The zero-order chi connectivity index (χ0) is 12.4. The lowest BCUT2D eigenvalue weighted by molar-refractivity contribution is 0.221. The van der Waals surface area contributed by atoms with Crippen molar-refractivity contribution in [2.45, 2.75) is 25.8 Å². The Morgan fingerprint density at radius 2 is 2.17 bits per heavy atom. The van der Waals surface area contributed by atoms with Crippen LogP contribution in [0.5, 0.6) is 0 Å². The molecule has 2 aliphatic heterocycles. The Kier molecular flexibility index (Phi) is 3.62. The van der Waals surface area contributed by atoms with Crippen molar-refractivity contribution in [1.82, 2.24) is 15.2 Å². The maximum atomic E-state index is 4.08. The van der Waals surface area contributed by atoms with Gasteiger partial charge in [0.25, 0.3) is 0 Å². The molecule has 18 heavy (non-hydrogen) atoms. The zero-order valence-corrected chi connectivity index (χ0v) is 11.2. The summed E-state index contributed by atoms with van der Waals surface area (Å²) < 4.78 is 0. The maximum Gasteiger partial charge on any atom is 0.0270 e. The Hall–Kier alpha value is -0.930. The van der Waals surface area contributed by atoms with E-state index < -0.39 is 0 Å². The Bertz CT molecular complexity index is 379. The number of hydrogen-bond donors (Lipinski definition) is 1. The van der Waals surface area contributed by atoms with Crippen LogP contribution in [0.1, 0.15) is 18.9 Å². The summed E-state index contributed by atoms with van der Waals surface area (Å²) in [5.74, 6) is 1.79. The molecule has 2 fully saturated rings. The van der Waals surface area contributed by atoms with Crippen molar-refractivity contribution >= 4 is 0 Å². The number of nitrogens with one attached hydrogen (secondary N) is 1. The van der Waals surface area contributed by atoms with Crippen LogP contribution in [-0.4, -0.2) is 42.1 Å². The third-order valence-electron chi connectivity index (χ3n) is 4.68. The first kappa shape index (κ1) is 12.1. The van der Waals surface area contributed by atoms with Crippen molar-refractivity contribution in [3.63, 3.8) is 0 Å². The van der Waals surface area contributed by atoms with Crippen LogP contribution in [0, 0.1) is 11.8 Å². The molecule has 2 aliphatic rings. The minimum Gasteiger partial charge on any atom is -0.316 e. The van der Waals surface area contributed by atoms with Gasteiger partial charge in [-0.25, -0.2) is 0 Å². The molecule has 0 aliphatic carbocycles. The smallest absolute Gasteiger partial charge is 0.0270 e. The topological polar surface area (TPSA) is 28.2 Å². The highest BCUT2D eigenvalue weighted by atomic mass is 15.2. The number of nitrogens with zero attached hydrogens (tertiary/aromatic N) is 2. The Balaban J connectivity index is 1.59. The summed E-state index contributed by atoms with van der Waals surface area (Å²) in [5, 5.41) is 3.55. The summed E-state index contributed by atoms with van der Waals surface area (Å²) in [7, 11) is 0. The van der Waals surface area contributed by atoms with Crippen molar-refractivity contribution < 1.29 is 0 Å². The molecule has 0 bridgehead atoms. The number of hydrogen-bond acceptors (Lipinski definition) is 3. The van der Waals surface area contributed by atoms with Gasteiger partial charge in [0.2, 0.25) is 0 Å². The first-order valence-corrected chi connectivity index (χ1v) is 7.22. The van der Waals surface area contributed by atoms with E-state index in [4.69, 9.17) is 0 Å². The van der Waals surface area contributed by atoms with Gasteiger partial charge in [-0.15, -0.1) is 0 Å². The molecule has 1 aromatic rings. The third-order valence-corrected chi connectivity index (χ3v) is 4.68. The second kappa shape index (κ2) is 5.37. The summed E-state index contributed by atoms with van der Waals surface area (Å²) in [5.41, 5.74) is 1.41. The molecule has 3 rings (SSSR count). The molecule has 1 N–H and O–H groups in total. The monoisotopic (exact) mass is 245 g/mol. The van der Waals surface area contributed by atoms with E-state index in [1.54, 1.807) is 0 Å². The molecule has 0 spiro atoms. The van der Waals surface area contributed by atoms with Crippen LogP contribution in [0.3, 0.4) is 0 Å². The van der Waals surface area contributed by atoms with E-state index in [1.165, 1.54) is 38.2 Å². The molecule has 0 aromatic carbocycles. The van der Waals surface area contributed by atoms with Crippen molar-refractivity contribution in [3.05, 3.63) is 30.1 Å². The van der Waals surface area contributed by atoms with Gasteiger partial charge in [0.05, 0.1) is 0 Å². The van der Waals surface area contributed by atoms with E-state index in [1.807, 2.05) is 12.4 Å². The second-order valence-electron chi connectivity index (χ2n) is 5.66. The van der Waals surface area contributed by atoms with Crippen molar-refractivity contribution in [1.29, 1.82) is 0 Å². The van der Waals surface area contributed by atoms with E-state index in [0.717, 1.165) is 24.3 Å². The van der Waals surface area contributed by atoms with Gasteiger partial charge in [-0.2, -0.15) is 0 Å². The molecule has 3 unspecified atom stereocenters. The van der Waals surface area contributed by atoms with E-state index >= 15 is 0 Å². The molecule has 3 heteroatoms. The molecular formula is C15H23N3. The molecule has 3 heterocycles. The lowest BCUT2D eigenvalue weighted by Gasteiger charge is -2.26. The average molecular weight is 245 g/mol. The molecule has 0 amide bonds. The molecule has 98 valence electrons. The van der Waals surface area contributed by atoms with E-state index in [9.17, 15) is 0 Å². The summed E-state index contributed by atoms with van der Waals surface area (Å²) >= 11 is 0. The summed E-state index contributed by atoms with van der Waals surface area (Å²) in [6.45, 7) is 7.30. The highest BCUT2D eigenvalue weighted by molar-refractivity contribution is 5.10. The fraction of sp³-hybridized carbons (Fsp3) is 0.667. The summed E-state index contributed by atoms with van der Waals surface area (Å²) in [6.07, 6.45) is 6.25. The zero-order valence-electron chi connectivity index (χ0n) is 11.2. The fourth-order valence-corrected chi connectivity index (χ4v) is 3.75. The minimum atomic E-state index is 0.798. The summed E-state index contributed by atoms with van der Waals surface area (Å²) in [6, 6.07) is 5.07. The van der Waals surface area contributed by atoms with Crippen LogP contribution in [0.4, 0.5) is 0 Å². The molecule has 0 saturated carbocycles. The molecule has 1 aromatic heterocycles. The predicted octanol–water partition coefficient (Wildman–Crippen LogP) is 1.55. The molecule has 2 saturated heterocycles.